The van der Waals surface area contributed by atoms with Crippen LogP contribution < -0.4 is 9.64 Å². The number of carbonyl (C=O) groups excluding carboxylic acids is 1. The molecule has 1 amide bonds. The molecule has 0 radical (unpaired) electrons. The predicted octanol–water partition coefficient (Wildman–Crippen LogP) is 4.19. The highest BCUT2D eigenvalue weighted by atomic mass is 16.5. The van der Waals surface area contributed by atoms with Gasteiger partial charge in [0.2, 0.25) is 17.6 Å². The second kappa shape index (κ2) is 9.30. The summed E-state index contributed by atoms with van der Waals surface area (Å²) in [5.74, 6) is 2.47. The van der Waals surface area contributed by atoms with Crippen LogP contribution >= 0.6 is 0 Å². The summed E-state index contributed by atoms with van der Waals surface area (Å²) in [4.78, 5) is 21.8. The number of amides is 1. The van der Waals surface area contributed by atoms with Gasteiger partial charge in [-0.05, 0) is 56.3 Å². The average Bonchev–Trinajstić information content (AvgIpc) is 3.48. The fourth-order valence-electron chi connectivity index (χ4n) is 4.61. The Hall–Kier alpha value is -3.65. The molecule has 2 aromatic heterocycles. The molecule has 0 saturated carbocycles. The van der Waals surface area contributed by atoms with E-state index in [0.29, 0.717) is 54.1 Å². The van der Waals surface area contributed by atoms with E-state index in [1.807, 2.05) is 47.4 Å². The number of aryl methyl sites for hydroxylation is 1. The highest BCUT2D eigenvalue weighted by molar-refractivity contribution is 5.94. The van der Waals surface area contributed by atoms with Crippen molar-refractivity contribution in [3.05, 3.63) is 60.0 Å². The average molecular weight is 461 g/mol. The maximum Gasteiger partial charge on any atom is 0.238 e. The van der Waals surface area contributed by atoms with Crippen molar-refractivity contribution in [2.45, 2.75) is 19.3 Å². The molecule has 0 saturated heterocycles. The number of furan rings is 1. The van der Waals surface area contributed by atoms with E-state index in [4.69, 9.17) is 13.7 Å². The van der Waals surface area contributed by atoms with Gasteiger partial charge in [-0.2, -0.15) is 4.98 Å². The number of rotatable bonds is 7. The van der Waals surface area contributed by atoms with Crippen molar-refractivity contribution in [2.75, 3.05) is 39.2 Å². The highest BCUT2D eigenvalue weighted by Gasteiger charge is 2.28. The lowest BCUT2D eigenvalue weighted by Gasteiger charge is -2.35. The van der Waals surface area contributed by atoms with E-state index in [0.717, 1.165) is 24.0 Å². The summed E-state index contributed by atoms with van der Waals surface area (Å²) in [6.45, 7) is 1.65. The molecule has 0 N–H and O–H groups in total. The van der Waals surface area contributed by atoms with E-state index in [-0.39, 0.29) is 5.91 Å². The highest BCUT2D eigenvalue weighted by Crippen LogP contribution is 2.31. The van der Waals surface area contributed by atoms with Gasteiger partial charge in [0.15, 0.2) is 5.76 Å². The number of hydrogen-bond donors (Lipinski definition) is 0. The quantitative estimate of drug-likeness (QED) is 0.409. The zero-order chi connectivity index (χ0) is 23.7. The van der Waals surface area contributed by atoms with Gasteiger partial charge >= 0.3 is 0 Å². The normalized spacial score (nSPS) is 15.6. The van der Waals surface area contributed by atoms with Gasteiger partial charge in [-0.3, -0.25) is 4.79 Å². The van der Waals surface area contributed by atoms with E-state index in [1.54, 1.807) is 7.11 Å². The number of carbonyl (C=O) groups is 1. The van der Waals surface area contributed by atoms with Crippen LogP contribution in [0.5, 0.6) is 5.75 Å². The third-order valence-corrected chi connectivity index (χ3v) is 6.12. The second-order valence-electron chi connectivity index (χ2n) is 8.99. The summed E-state index contributed by atoms with van der Waals surface area (Å²) in [5, 5.41) is 4.98. The molecule has 176 valence electrons. The number of nitrogens with zero attached hydrogens (tertiary/aromatic N) is 4. The van der Waals surface area contributed by atoms with E-state index >= 15 is 0 Å². The molecule has 5 rings (SSSR count). The second-order valence-corrected chi connectivity index (χ2v) is 8.99. The molecule has 0 aliphatic carbocycles. The Balaban J connectivity index is 1.28. The van der Waals surface area contributed by atoms with E-state index in [9.17, 15) is 4.79 Å². The zero-order valence-corrected chi connectivity index (χ0v) is 19.7. The molecule has 1 atom stereocenters. The number of methoxy groups -OCH3 is 1. The van der Waals surface area contributed by atoms with Gasteiger partial charge in [-0.15, -0.1) is 0 Å². The van der Waals surface area contributed by atoms with E-state index in [2.05, 4.69) is 35.2 Å². The Labute approximate surface area is 198 Å². The van der Waals surface area contributed by atoms with Gasteiger partial charge in [0, 0.05) is 43.1 Å². The minimum absolute atomic E-state index is 0.0616. The van der Waals surface area contributed by atoms with Gasteiger partial charge in [-0.25, -0.2) is 0 Å². The minimum atomic E-state index is 0.0616. The molecule has 0 bridgehead atoms. The summed E-state index contributed by atoms with van der Waals surface area (Å²) < 4.78 is 16.5. The molecule has 2 aromatic carbocycles. The number of aromatic nitrogens is 2. The van der Waals surface area contributed by atoms with Crippen molar-refractivity contribution < 1.29 is 18.5 Å². The molecule has 3 heterocycles. The Morgan fingerprint density at radius 1 is 1.21 bits per heavy atom. The third kappa shape index (κ3) is 4.54. The fourth-order valence-corrected chi connectivity index (χ4v) is 4.61. The van der Waals surface area contributed by atoms with Crippen molar-refractivity contribution in [3.8, 4) is 17.3 Å². The summed E-state index contributed by atoms with van der Waals surface area (Å²) in [6, 6.07) is 15.6. The number of benzene rings is 2. The van der Waals surface area contributed by atoms with Gasteiger partial charge in [0.05, 0.1) is 7.11 Å². The number of para-hydroxylation sites is 1. The first-order valence-corrected chi connectivity index (χ1v) is 11.4. The molecule has 0 fully saturated rings. The van der Waals surface area contributed by atoms with Gasteiger partial charge < -0.3 is 23.5 Å². The van der Waals surface area contributed by atoms with Crippen LogP contribution in [0.15, 0.2) is 57.5 Å². The first-order chi connectivity index (χ1) is 16.5. The van der Waals surface area contributed by atoms with Crippen molar-refractivity contribution in [3.63, 3.8) is 0 Å². The zero-order valence-electron chi connectivity index (χ0n) is 19.7. The standard InChI is InChI=1S/C26H28N4O4/c1-29(2)15-17-12-18-6-4-5-7-21(18)30(16-17)25(31)11-10-24-27-26(28-34-24)23-13-19-8-9-20(32-3)14-22(19)33-23/h4-9,13-14,17H,10-12,15-16H2,1-3H3. The van der Waals surface area contributed by atoms with Crippen LogP contribution in [0.1, 0.15) is 17.9 Å². The number of ether oxygens (including phenoxy) is 1. The van der Waals surface area contributed by atoms with Crippen LogP contribution in [0, 0.1) is 5.92 Å². The lowest BCUT2D eigenvalue weighted by molar-refractivity contribution is -0.118. The Morgan fingerprint density at radius 2 is 2.06 bits per heavy atom. The summed E-state index contributed by atoms with van der Waals surface area (Å²) >= 11 is 0. The summed E-state index contributed by atoms with van der Waals surface area (Å²) in [5.41, 5.74) is 2.91. The summed E-state index contributed by atoms with van der Waals surface area (Å²) in [6.07, 6.45) is 1.65. The van der Waals surface area contributed by atoms with Crippen molar-refractivity contribution in [2.24, 2.45) is 5.92 Å². The van der Waals surface area contributed by atoms with Crippen LogP contribution in [0.25, 0.3) is 22.6 Å². The van der Waals surface area contributed by atoms with Crippen LogP contribution in [0.3, 0.4) is 0 Å². The first kappa shape index (κ1) is 22.2. The lowest BCUT2D eigenvalue weighted by Crippen LogP contribution is -2.43. The van der Waals surface area contributed by atoms with Crippen LogP contribution in [0.4, 0.5) is 5.69 Å². The molecule has 4 aromatic rings. The van der Waals surface area contributed by atoms with Crippen LogP contribution in [0.2, 0.25) is 0 Å². The van der Waals surface area contributed by atoms with Crippen molar-refractivity contribution in [1.82, 2.24) is 15.0 Å². The van der Waals surface area contributed by atoms with Crippen molar-refractivity contribution in [1.29, 1.82) is 0 Å². The Bertz CT molecular complexity index is 1310. The maximum atomic E-state index is 13.2. The van der Waals surface area contributed by atoms with Crippen LogP contribution in [-0.4, -0.2) is 55.2 Å². The molecule has 0 spiro atoms. The number of fused-ring (bicyclic) bond motifs is 2. The lowest BCUT2D eigenvalue weighted by atomic mass is 9.91. The molecular weight excluding hydrogens is 432 g/mol. The fraction of sp³-hybridized carbons (Fsp3) is 0.346. The largest absolute Gasteiger partial charge is 0.497 e. The molecular formula is C26H28N4O4. The maximum absolute atomic E-state index is 13.2. The monoisotopic (exact) mass is 460 g/mol. The minimum Gasteiger partial charge on any atom is -0.497 e. The molecule has 34 heavy (non-hydrogen) atoms. The molecule has 1 aliphatic heterocycles. The number of anilines is 1. The van der Waals surface area contributed by atoms with E-state index < -0.39 is 0 Å². The smallest absolute Gasteiger partial charge is 0.238 e. The van der Waals surface area contributed by atoms with E-state index in [1.165, 1.54) is 5.56 Å². The summed E-state index contributed by atoms with van der Waals surface area (Å²) in [7, 11) is 5.75. The third-order valence-electron chi connectivity index (χ3n) is 6.12. The molecule has 1 unspecified atom stereocenters. The Morgan fingerprint density at radius 3 is 2.88 bits per heavy atom. The van der Waals surface area contributed by atoms with Crippen molar-refractivity contribution >= 4 is 22.6 Å². The van der Waals surface area contributed by atoms with Gasteiger partial charge in [0.25, 0.3) is 0 Å². The topological polar surface area (TPSA) is 84.8 Å². The molecule has 8 heteroatoms. The van der Waals surface area contributed by atoms with Crippen LogP contribution in [-0.2, 0) is 17.6 Å². The molecule has 1 aliphatic rings. The van der Waals surface area contributed by atoms with Gasteiger partial charge in [-0.1, -0.05) is 23.4 Å². The Kier molecular flexibility index (Phi) is 6.06. The molecule has 8 nitrogen and oxygen atoms in total. The predicted molar refractivity (Wildman–Crippen MR) is 129 cm³/mol. The number of hydrogen-bond acceptors (Lipinski definition) is 7. The SMILES string of the molecule is COc1ccc2cc(-c3noc(CCC(=O)N4CC(CN(C)C)Cc5ccccc54)n3)oc2c1. The first-order valence-electron chi connectivity index (χ1n) is 11.4. The van der Waals surface area contributed by atoms with Gasteiger partial charge in [0.1, 0.15) is 11.3 Å².